The fourth-order valence-corrected chi connectivity index (χ4v) is 5.57. The van der Waals surface area contributed by atoms with Gasteiger partial charge in [0.25, 0.3) is 0 Å². The maximum absolute atomic E-state index is 13.3. The number of anilines is 1. The van der Waals surface area contributed by atoms with Crippen LogP contribution in [0.2, 0.25) is 0 Å². The van der Waals surface area contributed by atoms with E-state index < -0.39 is 59.8 Å². The van der Waals surface area contributed by atoms with E-state index in [1.165, 1.54) is 0 Å². The van der Waals surface area contributed by atoms with Gasteiger partial charge in [0.1, 0.15) is 6.67 Å². The Balaban J connectivity index is 1.48. The lowest BCUT2D eigenvalue weighted by Gasteiger charge is -2.37. The molecule has 4 aliphatic carbocycles. The van der Waals surface area contributed by atoms with Crippen LogP contribution in [-0.4, -0.2) is 35.5 Å². The van der Waals surface area contributed by atoms with Crippen LogP contribution in [0.25, 0.3) is 0 Å². The maximum atomic E-state index is 13.3. The Kier molecular flexibility index (Phi) is 4.32. The van der Waals surface area contributed by atoms with Crippen LogP contribution in [0.4, 0.5) is 32.0 Å². The molecule has 5 nitrogen and oxygen atoms in total. The number of hydrogen-bond acceptors (Lipinski definition) is 3. The zero-order valence-corrected chi connectivity index (χ0v) is 16.2. The van der Waals surface area contributed by atoms with Crippen molar-refractivity contribution in [3.63, 3.8) is 0 Å². The van der Waals surface area contributed by atoms with E-state index in [-0.39, 0.29) is 28.6 Å². The number of benzene rings is 1. The maximum Gasteiger partial charge on any atom is 0.471 e. The van der Waals surface area contributed by atoms with Gasteiger partial charge in [-0.2, -0.15) is 26.3 Å². The van der Waals surface area contributed by atoms with Gasteiger partial charge in [0.2, 0.25) is 11.8 Å². The zero-order chi connectivity index (χ0) is 23.2. The first kappa shape index (κ1) is 21.0. The van der Waals surface area contributed by atoms with Crippen LogP contribution in [-0.2, 0) is 20.6 Å². The van der Waals surface area contributed by atoms with Gasteiger partial charge < -0.3 is 0 Å². The normalized spacial score (nSPS) is 32.8. The molecule has 6 rings (SSSR count). The highest BCUT2D eigenvalue weighted by atomic mass is 19.4. The van der Waals surface area contributed by atoms with Crippen molar-refractivity contribution in [2.75, 3.05) is 11.6 Å². The Bertz CT molecular complexity index is 1010. The highest BCUT2D eigenvalue weighted by Crippen LogP contribution is 2.65. The molecule has 6 atom stereocenters. The Hall–Kier alpha value is -2.85. The van der Waals surface area contributed by atoms with Crippen LogP contribution >= 0.6 is 0 Å². The molecular formula is C21H16F6N2O3. The second-order valence-electron chi connectivity index (χ2n) is 8.68. The topological polar surface area (TPSA) is 57.7 Å². The quantitative estimate of drug-likeness (QED) is 0.395. The SMILES string of the molecule is O=C1[C@H]2[C@@H]3C=C[C@H]([C@@H]4C[C@H]34)[C@@H]2C(=O)N1CN(C(=O)C(F)(F)F)c1cccc(C(F)(F)F)c1. The summed E-state index contributed by atoms with van der Waals surface area (Å²) in [4.78, 5) is 38.8. The van der Waals surface area contributed by atoms with Gasteiger partial charge in [-0.25, -0.2) is 0 Å². The van der Waals surface area contributed by atoms with E-state index in [2.05, 4.69) is 0 Å². The van der Waals surface area contributed by atoms with Crippen molar-refractivity contribution < 1.29 is 40.7 Å². The summed E-state index contributed by atoms with van der Waals surface area (Å²) in [5.74, 6) is -5.08. The standard InChI is InChI=1S/C21H16F6N2O3/c22-20(23,24)9-2-1-3-10(6-9)28(19(32)21(25,26)27)8-29-17(30)15-11-4-5-12(14-7-13(11)14)16(15)18(29)31/h1-6,11-16H,7-8H2/t11-,12-,13-,14+,15+,16+/m1/s1. The van der Waals surface area contributed by atoms with Gasteiger partial charge in [-0.15, -0.1) is 0 Å². The molecule has 32 heavy (non-hydrogen) atoms. The van der Waals surface area contributed by atoms with Crippen LogP contribution in [0.5, 0.6) is 0 Å². The van der Waals surface area contributed by atoms with E-state index in [4.69, 9.17) is 0 Å². The van der Waals surface area contributed by atoms with Gasteiger partial charge in [-0.3, -0.25) is 24.2 Å². The minimum atomic E-state index is -5.42. The highest BCUT2D eigenvalue weighted by molar-refractivity contribution is 6.07. The molecule has 1 aromatic carbocycles. The van der Waals surface area contributed by atoms with Crippen LogP contribution < -0.4 is 4.90 Å². The van der Waals surface area contributed by atoms with Crippen LogP contribution in [0.1, 0.15) is 12.0 Å². The van der Waals surface area contributed by atoms with Gasteiger partial charge in [0.05, 0.1) is 17.4 Å². The number of rotatable bonds is 3. The van der Waals surface area contributed by atoms with Gasteiger partial charge in [0.15, 0.2) is 0 Å². The second kappa shape index (κ2) is 6.58. The summed E-state index contributed by atoms with van der Waals surface area (Å²) in [6, 6.07) is 2.80. The first-order valence-corrected chi connectivity index (χ1v) is 9.99. The lowest BCUT2D eigenvalue weighted by atomic mass is 9.63. The Morgan fingerprint density at radius 3 is 2.03 bits per heavy atom. The summed E-state index contributed by atoms with van der Waals surface area (Å²) in [6.45, 7) is -1.10. The van der Waals surface area contributed by atoms with Crippen LogP contribution in [0.3, 0.4) is 0 Å². The molecule has 1 saturated heterocycles. The van der Waals surface area contributed by atoms with Crippen molar-refractivity contribution >= 4 is 23.4 Å². The first-order valence-electron chi connectivity index (χ1n) is 9.99. The molecule has 2 bridgehead atoms. The van der Waals surface area contributed by atoms with Crippen molar-refractivity contribution in [2.24, 2.45) is 35.5 Å². The van der Waals surface area contributed by atoms with Crippen molar-refractivity contribution in [2.45, 2.75) is 18.8 Å². The fraction of sp³-hybridized carbons (Fsp3) is 0.476. The highest BCUT2D eigenvalue weighted by Gasteiger charge is 2.67. The number of hydrogen-bond donors (Lipinski definition) is 0. The lowest BCUT2D eigenvalue weighted by Crippen LogP contribution is -2.49. The summed E-state index contributed by atoms with van der Waals surface area (Å²) in [5.41, 5.74) is -1.97. The average molecular weight is 458 g/mol. The van der Waals surface area contributed by atoms with E-state index >= 15 is 0 Å². The zero-order valence-electron chi connectivity index (χ0n) is 16.2. The number of halogens is 6. The molecule has 0 radical (unpaired) electrons. The van der Waals surface area contributed by atoms with Crippen molar-refractivity contribution in [3.05, 3.63) is 42.0 Å². The molecule has 0 N–H and O–H groups in total. The summed E-state index contributed by atoms with van der Waals surface area (Å²) < 4.78 is 79.0. The Labute approximate surface area is 177 Å². The van der Waals surface area contributed by atoms with Crippen molar-refractivity contribution in [1.29, 1.82) is 0 Å². The molecule has 1 aliphatic heterocycles. The van der Waals surface area contributed by atoms with Crippen LogP contribution in [0, 0.1) is 35.5 Å². The molecule has 0 spiro atoms. The predicted octanol–water partition coefficient (Wildman–Crippen LogP) is 3.61. The minimum Gasteiger partial charge on any atom is -0.286 e. The molecule has 1 aromatic rings. The molecule has 170 valence electrons. The third kappa shape index (κ3) is 3.04. The molecule has 0 aromatic heterocycles. The monoisotopic (exact) mass is 458 g/mol. The van der Waals surface area contributed by atoms with E-state index in [1.54, 1.807) is 0 Å². The van der Waals surface area contributed by atoms with E-state index in [9.17, 15) is 40.7 Å². The molecule has 1 heterocycles. The van der Waals surface area contributed by atoms with Crippen molar-refractivity contribution in [1.82, 2.24) is 4.90 Å². The third-order valence-corrected chi connectivity index (χ3v) is 7.01. The largest absolute Gasteiger partial charge is 0.471 e. The molecule has 0 unspecified atom stereocenters. The van der Waals surface area contributed by atoms with Gasteiger partial charge in [0, 0.05) is 5.69 Å². The van der Waals surface area contributed by atoms with E-state index in [0.29, 0.717) is 17.0 Å². The second-order valence-corrected chi connectivity index (χ2v) is 8.68. The molecule has 2 saturated carbocycles. The number of carbonyl (C=O) groups excluding carboxylic acids is 3. The summed E-state index contributed by atoms with van der Waals surface area (Å²) in [6.07, 6.45) is -5.64. The smallest absolute Gasteiger partial charge is 0.286 e. The van der Waals surface area contributed by atoms with Gasteiger partial charge in [-0.05, 0) is 48.3 Å². The van der Waals surface area contributed by atoms with E-state index in [0.717, 1.165) is 18.6 Å². The summed E-state index contributed by atoms with van der Waals surface area (Å²) >= 11 is 0. The summed E-state index contributed by atoms with van der Waals surface area (Å²) in [5, 5.41) is 0. The lowest BCUT2D eigenvalue weighted by molar-refractivity contribution is -0.171. The number of allylic oxidation sites excluding steroid dienone is 2. The molecular weight excluding hydrogens is 442 g/mol. The van der Waals surface area contributed by atoms with E-state index in [1.807, 2.05) is 12.2 Å². The number of carbonyl (C=O) groups is 3. The number of imide groups is 1. The number of amides is 3. The van der Waals surface area contributed by atoms with Gasteiger partial charge in [-0.1, -0.05) is 18.2 Å². The van der Waals surface area contributed by atoms with Crippen molar-refractivity contribution in [3.8, 4) is 0 Å². The minimum absolute atomic E-state index is 0.0123. The number of alkyl halides is 6. The molecule has 3 fully saturated rings. The number of likely N-dealkylation sites (tertiary alicyclic amines) is 1. The third-order valence-electron chi connectivity index (χ3n) is 7.01. The van der Waals surface area contributed by atoms with Gasteiger partial charge >= 0.3 is 18.3 Å². The number of nitrogens with zero attached hydrogens (tertiary/aromatic N) is 2. The summed E-state index contributed by atoms with van der Waals surface area (Å²) in [7, 11) is 0. The average Bonchev–Trinajstić information content (AvgIpc) is 3.50. The van der Waals surface area contributed by atoms with Crippen LogP contribution in [0.15, 0.2) is 36.4 Å². The fourth-order valence-electron chi connectivity index (χ4n) is 5.57. The Morgan fingerprint density at radius 2 is 1.53 bits per heavy atom. The molecule has 11 heteroatoms. The molecule has 3 amide bonds. The molecule has 5 aliphatic rings. The first-order chi connectivity index (χ1) is 14.9. The predicted molar refractivity (Wildman–Crippen MR) is 96.4 cm³/mol. The Morgan fingerprint density at radius 1 is 0.969 bits per heavy atom.